The third-order valence-electron chi connectivity index (χ3n) is 9.57. The summed E-state index contributed by atoms with van der Waals surface area (Å²) >= 11 is 8.21. The molecule has 9 atom stereocenters. The van der Waals surface area contributed by atoms with Crippen molar-refractivity contribution in [2.45, 2.75) is 107 Å². The first kappa shape index (κ1) is 58.1. The van der Waals surface area contributed by atoms with Gasteiger partial charge in [-0.15, -0.1) is 0 Å². The summed E-state index contributed by atoms with van der Waals surface area (Å²) in [5.41, 5.74) is 27.9. The summed E-state index contributed by atoms with van der Waals surface area (Å²) in [7, 11) is 0. The lowest BCUT2D eigenvalue weighted by Gasteiger charge is -2.28. The molecule has 20 N–H and O–H groups in total. The van der Waals surface area contributed by atoms with Gasteiger partial charge >= 0.3 is 5.97 Å². The summed E-state index contributed by atoms with van der Waals surface area (Å²) in [4.78, 5) is 114. The number of aliphatic hydroxyl groups excluding tert-OH is 2. The number of carboxylic acid groups (broad SMARTS) is 1. The van der Waals surface area contributed by atoms with Gasteiger partial charge in [-0.2, -0.15) is 25.3 Å². The lowest BCUT2D eigenvalue weighted by Crippen LogP contribution is -2.61. The number of rotatable bonds is 30. The number of hydrogen-bond donors (Lipinski definition) is 17. The largest absolute Gasteiger partial charge is 0.480 e. The van der Waals surface area contributed by atoms with Crippen molar-refractivity contribution >= 4 is 84.5 Å². The molecule has 0 saturated carbocycles. The molecular weight excluding hydrogens is 905 g/mol. The van der Waals surface area contributed by atoms with Crippen LogP contribution in [-0.4, -0.2) is 160 Å². The van der Waals surface area contributed by atoms with E-state index < -0.39 is 114 Å². The zero-order chi connectivity index (χ0) is 50.1. The monoisotopic (exact) mass is 970 g/mol. The van der Waals surface area contributed by atoms with Crippen molar-refractivity contribution < 1.29 is 53.7 Å². The molecular formula is C39H66N14O11S2. The molecule has 1 aromatic carbocycles. The Balaban J connectivity index is 3.48. The van der Waals surface area contributed by atoms with Gasteiger partial charge in [-0.1, -0.05) is 44.2 Å². The van der Waals surface area contributed by atoms with Gasteiger partial charge in [-0.3, -0.25) is 43.5 Å². The van der Waals surface area contributed by atoms with Crippen molar-refractivity contribution in [2.75, 3.05) is 31.2 Å². The number of nitrogens with one attached hydrogen (secondary N) is 7. The Kier molecular flexibility index (Phi) is 26.7. The van der Waals surface area contributed by atoms with Crippen LogP contribution in [0.15, 0.2) is 40.3 Å². The second-order valence-corrected chi connectivity index (χ2v) is 16.1. The molecule has 0 heterocycles. The lowest BCUT2D eigenvalue weighted by molar-refractivity contribution is -0.142. The van der Waals surface area contributed by atoms with Crippen molar-refractivity contribution in [1.29, 1.82) is 0 Å². The van der Waals surface area contributed by atoms with Gasteiger partial charge in [-0.25, -0.2) is 4.79 Å². The highest BCUT2D eigenvalue weighted by Crippen LogP contribution is 2.10. The Bertz CT molecular complexity index is 1840. The molecule has 1 rings (SSSR count). The van der Waals surface area contributed by atoms with Crippen LogP contribution in [0.2, 0.25) is 0 Å². The Labute approximate surface area is 393 Å². The molecule has 0 aliphatic rings. The van der Waals surface area contributed by atoms with Crippen molar-refractivity contribution in [3.63, 3.8) is 0 Å². The van der Waals surface area contributed by atoms with Gasteiger partial charge in [0.2, 0.25) is 41.4 Å². The second-order valence-electron chi connectivity index (χ2n) is 15.3. The number of hydrogen-bond acceptors (Lipinski definition) is 15. The van der Waals surface area contributed by atoms with E-state index in [1.54, 1.807) is 44.2 Å². The highest BCUT2D eigenvalue weighted by Gasteiger charge is 2.35. The summed E-state index contributed by atoms with van der Waals surface area (Å²) in [5.74, 6) is -9.22. The van der Waals surface area contributed by atoms with E-state index in [1.807, 2.05) is 0 Å². The predicted octanol–water partition coefficient (Wildman–Crippen LogP) is -5.97. The second kappa shape index (κ2) is 30.3. The zero-order valence-electron chi connectivity index (χ0n) is 37.0. The summed E-state index contributed by atoms with van der Waals surface area (Å²) in [5, 5.41) is 46.3. The smallest absolute Gasteiger partial charge is 0.327 e. The summed E-state index contributed by atoms with van der Waals surface area (Å²) in [6.45, 7) is 3.62. The molecule has 0 bridgehead atoms. The predicted molar refractivity (Wildman–Crippen MR) is 250 cm³/mol. The maximum atomic E-state index is 14.2. The Hall–Kier alpha value is -5.90. The van der Waals surface area contributed by atoms with Crippen LogP contribution in [0.4, 0.5) is 0 Å². The number of aliphatic imine (C=N–C) groups is 2. The van der Waals surface area contributed by atoms with Gasteiger partial charge < -0.3 is 81.2 Å². The molecule has 0 aliphatic heterocycles. The number of aliphatic carboxylic acids is 1. The molecule has 27 heteroatoms. The number of nitrogens with two attached hydrogens (primary N) is 5. The normalized spacial score (nSPS) is 15.0. The minimum absolute atomic E-state index is 0.0258. The lowest BCUT2D eigenvalue weighted by atomic mass is 10.0. The number of benzene rings is 1. The number of amides is 7. The number of guanidine groups is 2. The van der Waals surface area contributed by atoms with Crippen LogP contribution in [0.1, 0.15) is 52.0 Å². The van der Waals surface area contributed by atoms with E-state index in [1.165, 1.54) is 6.92 Å². The highest BCUT2D eigenvalue weighted by molar-refractivity contribution is 7.80. The molecule has 0 aromatic heterocycles. The van der Waals surface area contributed by atoms with Gasteiger partial charge in [0.25, 0.3) is 0 Å². The maximum absolute atomic E-state index is 14.2. The van der Waals surface area contributed by atoms with Crippen LogP contribution >= 0.6 is 25.3 Å². The average molecular weight is 971 g/mol. The fraction of sp³-hybridized carbons (Fsp3) is 0.590. The molecule has 7 amide bonds. The van der Waals surface area contributed by atoms with E-state index in [0.717, 1.165) is 0 Å². The maximum Gasteiger partial charge on any atom is 0.327 e. The van der Waals surface area contributed by atoms with Gasteiger partial charge in [-0.05, 0) is 44.1 Å². The van der Waals surface area contributed by atoms with E-state index in [-0.39, 0.29) is 68.6 Å². The zero-order valence-corrected chi connectivity index (χ0v) is 38.8. The molecule has 0 unspecified atom stereocenters. The molecule has 370 valence electrons. The molecule has 66 heavy (non-hydrogen) atoms. The van der Waals surface area contributed by atoms with Crippen molar-refractivity contribution in [1.82, 2.24) is 37.2 Å². The minimum Gasteiger partial charge on any atom is -0.480 e. The Morgan fingerprint density at radius 3 is 1.44 bits per heavy atom. The van der Waals surface area contributed by atoms with Gasteiger partial charge in [0.1, 0.15) is 48.3 Å². The van der Waals surface area contributed by atoms with Crippen LogP contribution < -0.4 is 65.9 Å². The first-order valence-electron chi connectivity index (χ1n) is 20.8. The van der Waals surface area contributed by atoms with Crippen LogP contribution in [0.3, 0.4) is 0 Å². The van der Waals surface area contributed by atoms with Gasteiger partial charge in [0.05, 0.1) is 12.7 Å². The number of nitrogens with zero attached hydrogens (tertiary/aromatic N) is 2. The minimum atomic E-state index is -1.61. The topological polar surface area (TPSA) is 436 Å². The molecule has 0 fully saturated rings. The molecule has 0 radical (unpaired) electrons. The quantitative estimate of drug-likeness (QED) is 0.0148. The standard InChI is InChI=1S/C39H66N14O11S2/c1-19(2)29(36(62)52-27(18-66)37(63)64)53-31(57)23(12-8-14-46-39(43)44)47-32(58)24(15-21-9-5-4-6-10-21)49-34(60)26(17-65)51-30(56)22(11-7-13-45-38(41)42)48-33(59)25(16-54)50-35(61)28(40)20(3)55/h4-6,9-10,19-20,22-29,54-55,65-66H,7-8,11-18,40H2,1-3H3,(H,47,58)(H,48,59)(H,49,60)(H,50,61)(H,51,56)(H,52,62)(H,53,57)(H,63,64)(H4,41,42,45)(H4,43,44,46)/t20-,22+,23+,24+,25+,26+,27+,28+,29+/m1/s1. The summed E-state index contributed by atoms with van der Waals surface area (Å²) < 4.78 is 0. The SMILES string of the molecule is CC(C)[C@H](NC(=O)[C@H](CCCN=C(N)N)NC(=O)[C@H](Cc1ccccc1)NC(=O)[C@H](CS)NC(=O)[C@H](CCCN=C(N)N)NC(=O)[C@H](CO)NC(=O)[C@@H](N)[C@@H](C)O)C(=O)N[C@@H](CS)C(=O)O. The van der Waals surface area contributed by atoms with Crippen molar-refractivity contribution in [2.24, 2.45) is 44.6 Å². The van der Waals surface area contributed by atoms with E-state index in [9.17, 15) is 53.7 Å². The number of thiol groups is 2. The molecule has 25 nitrogen and oxygen atoms in total. The third-order valence-corrected chi connectivity index (χ3v) is 10.3. The fourth-order valence-corrected chi connectivity index (χ4v) is 6.31. The fourth-order valence-electron chi connectivity index (χ4n) is 5.80. The molecule has 1 aromatic rings. The van der Waals surface area contributed by atoms with Crippen molar-refractivity contribution in [3.8, 4) is 0 Å². The molecule has 0 saturated heterocycles. The van der Waals surface area contributed by atoms with Crippen LogP contribution in [0.5, 0.6) is 0 Å². The first-order valence-corrected chi connectivity index (χ1v) is 22.1. The Morgan fingerprint density at radius 1 is 0.591 bits per heavy atom. The van der Waals surface area contributed by atoms with Crippen LogP contribution in [0.25, 0.3) is 0 Å². The van der Waals surface area contributed by atoms with Crippen LogP contribution in [0, 0.1) is 5.92 Å². The third kappa shape index (κ3) is 21.4. The van der Waals surface area contributed by atoms with Gasteiger partial charge in [0, 0.05) is 31.0 Å². The number of aliphatic hydroxyl groups is 2. The van der Waals surface area contributed by atoms with Gasteiger partial charge in [0.15, 0.2) is 11.9 Å². The summed E-state index contributed by atoms with van der Waals surface area (Å²) in [6.07, 6.45) is -1.33. The number of carbonyl (C=O) groups is 8. The van der Waals surface area contributed by atoms with E-state index in [2.05, 4.69) is 72.5 Å². The number of carboxylic acids is 1. The van der Waals surface area contributed by atoms with E-state index in [4.69, 9.17) is 28.7 Å². The highest BCUT2D eigenvalue weighted by atomic mass is 32.1. The Morgan fingerprint density at radius 2 is 1.00 bits per heavy atom. The molecule has 0 aliphatic carbocycles. The number of carbonyl (C=O) groups excluding carboxylic acids is 7. The van der Waals surface area contributed by atoms with Crippen molar-refractivity contribution in [3.05, 3.63) is 35.9 Å². The molecule has 0 spiro atoms. The first-order chi connectivity index (χ1) is 31.1. The summed E-state index contributed by atoms with van der Waals surface area (Å²) in [6, 6.07) is -2.80. The van der Waals surface area contributed by atoms with E-state index in [0.29, 0.717) is 5.56 Å². The average Bonchev–Trinajstić information content (AvgIpc) is 3.26. The van der Waals surface area contributed by atoms with E-state index >= 15 is 0 Å². The van der Waals surface area contributed by atoms with Crippen LogP contribution in [-0.2, 0) is 44.8 Å².